The lowest BCUT2D eigenvalue weighted by Crippen LogP contribution is -2.10. The number of nitriles is 1. The fourth-order valence-corrected chi connectivity index (χ4v) is 2.52. The van der Waals surface area contributed by atoms with Gasteiger partial charge in [0.2, 0.25) is 0 Å². The molecular formula is C18H14N2O. The Morgan fingerprint density at radius 3 is 2.76 bits per heavy atom. The van der Waals surface area contributed by atoms with Gasteiger partial charge in [0.1, 0.15) is 0 Å². The van der Waals surface area contributed by atoms with Gasteiger partial charge in [-0.2, -0.15) is 5.26 Å². The number of rotatable bonds is 3. The van der Waals surface area contributed by atoms with E-state index in [4.69, 9.17) is 5.26 Å². The Balaban J connectivity index is 1.97. The van der Waals surface area contributed by atoms with Gasteiger partial charge in [-0.1, -0.05) is 30.3 Å². The van der Waals surface area contributed by atoms with Gasteiger partial charge in [-0.25, -0.2) is 0 Å². The average Bonchev–Trinajstić information content (AvgIpc) is 2.90. The second-order valence-corrected chi connectivity index (χ2v) is 5.07. The lowest BCUT2D eigenvalue weighted by molar-refractivity contribution is 0.0973. The maximum absolute atomic E-state index is 12.4. The molecule has 0 N–H and O–H groups in total. The molecule has 3 heteroatoms. The lowest BCUT2D eigenvalue weighted by atomic mass is 10.0. The van der Waals surface area contributed by atoms with Crippen LogP contribution < -0.4 is 0 Å². The Labute approximate surface area is 123 Å². The Kier molecular flexibility index (Phi) is 3.29. The summed E-state index contributed by atoms with van der Waals surface area (Å²) in [5.41, 5.74) is 3.24. The molecule has 1 heterocycles. The number of benzene rings is 2. The van der Waals surface area contributed by atoms with E-state index in [0.717, 1.165) is 22.0 Å². The van der Waals surface area contributed by atoms with Crippen LogP contribution in [0.15, 0.2) is 54.7 Å². The summed E-state index contributed by atoms with van der Waals surface area (Å²) in [5, 5.41) is 10.0. The van der Waals surface area contributed by atoms with Crippen molar-refractivity contribution in [2.24, 2.45) is 0 Å². The summed E-state index contributed by atoms with van der Waals surface area (Å²) in [5.74, 6) is 0.0768. The Morgan fingerprint density at radius 2 is 2.00 bits per heavy atom. The molecule has 0 bridgehead atoms. The van der Waals surface area contributed by atoms with Crippen molar-refractivity contribution in [1.29, 1.82) is 5.26 Å². The van der Waals surface area contributed by atoms with E-state index in [9.17, 15) is 4.79 Å². The molecule has 3 aromatic rings. The SMILES string of the molecule is Cc1ccccc1C(=O)Cn1ccc2ccc(C#N)cc21. The maximum atomic E-state index is 12.4. The van der Waals surface area contributed by atoms with Crippen molar-refractivity contribution in [2.45, 2.75) is 13.5 Å². The van der Waals surface area contributed by atoms with Gasteiger partial charge in [-0.05, 0) is 36.1 Å². The standard InChI is InChI=1S/C18H14N2O/c1-13-4-2-3-5-16(13)18(21)12-20-9-8-15-7-6-14(11-19)10-17(15)20/h2-10H,12H2,1H3. The molecule has 0 saturated carbocycles. The summed E-state index contributed by atoms with van der Waals surface area (Å²) >= 11 is 0. The normalized spacial score (nSPS) is 10.5. The van der Waals surface area contributed by atoms with Gasteiger partial charge < -0.3 is 4.57 Å². The summed E-state index contributed by atoms with van der Waals surface area (Å²) < 4.78 is 1.89. The van der Waals surface area contributed by atoms with E-state index >= 15 is 0 Å². The molecule has 0 aliphatic carbocycles. The highest BCUT2D eigenvalue weighted by Crippen LogP contribution is 2.18. The third-order valence-electron chi connectivity index (χ3n) is 3.66. The van der Waals surface area contributed by atoms with Crippen LogP contribution in [0.2, 0.25) is 0 Å². The fraction of sp³-hybridized carbons (Fsp3) is 0.111. The minimum absolute atomic E-state index is 0.0768. The van der Waals surface area contributed by atoms with Crippen molar-refractivity contribution in [1.82, 2.24) is 4.57 Å². The zero-order valence-corrected chi connectivity index (χ0v) is 11.7. The molecule has 2 aromatic carbocycles. The molecule has 3 nitrogen and oxygen atoms in total. The van der Waals surface area contributed by atoms with Gasteiger partial charge >= 0.3 is 0 Å². The Hall–Kier alpha value is -2.86. The van der Waals surface area contributed by atoms with E-state index in [1.807, 2.05) is 60.2 Å². The van der Waals surface area contributed by atoms with Gasteiger partial charge in [-0.15, -0.1) is 0 Å². The van der Waals surface area contributed by atoms with Crippen LogP contribution in [0, 0.1) is 18.3 Å². The van der Waals surface area contributed by atoms with Crippen molar-refractivity contribution < 1.29 is 4.79 Å². The molecule has 0 spiro atoms. The number of carbonyl (C=O) groups excluding carboxylic acids is 1. The molecule has 0 amide bonds. The number of Topliss-reactive ketones (excluding diaryl/α,β-unsaturated/α-hetero) is 1. The van der Waals surface area contributed by atoms with Crippen LogP contribution in [0.1, 0.15) is 21.5 Å². The highest BCUT2D eigenvalue weighted by atomic mass is 16.1. The number of hydrogen-bond donors (Lipinski definition) is 0. The molecule has 0 aliphatic rings. The number of aromatic nitrogens is 1. The molecule has 0 saturated heterocycles. The first-order valence-electron chi connectivity index (χ1n) is 6.77. The molecule has 102 valence electrons. The quantitative estimate of drug-likeness (QED) is 0.683. The van der Waals surface area contributed by atoms with Crippen LogP contribution in [0.4, 0.5) is 0 Å². The maximum Gasteiger partial charge on any atom is 0.182 e. The predicted molar refractivity (Wildman–Crippen MR) is 82.2 cm³/mol. The van der Waals surface area contributed by atoms with Gasteiger partial charge in [0.15, 0.2) is 5.78 Å². The summed E-state index contributed by atoms with van der Waals surface area (Å²) in [6.45, 7) is 2.22. The zero-order valence-electron chi connectivity index (χ0n) is 11.7. The molecule has 0 radical (unpaired) electrons. The summed E-state index contributed by atoms with van der Waals surface area (Å²) in [4.78, 5) is 12.4. The van der Waals surface area contributed by atoms with Gasteiger partial charge in [0.05, 0.1) is 18.2 Å². The number of aryl methyl sites for hydroxylation is 1. The molecule has 0 atom stereocenters. The molecule has 1 aromatic heterocycles. The second kappa shape index (κ2) is 5.26. The molecule has 0 fully saturated rings. The van der Waals surface area contributed by atoms with Gasteiger partial charge in [0, 0.05) is 17.3 Å². The highest BCUT2D eigenvalue weighted by molar-refractivity contribution is 5.98. The first-order valence-corrected chi connectivity index (χ1v) is 6.77. The van der Waals surface area contributed by atoms with E-state index in [2.05, 4.69) is 6.07 Å². The Morgan fingerprint density at radius 1 is 1.19 bits per heavy atom. The number of nitrogens with zero attached hydrogens (tertiary/aromatic N) is 2. The molecule has 0 unspecified atom stereocenters. The lowest BCUT2D eigenvalue weighted by Gasteiger charge is -2.07. The van der Waals surface area contributed by atoms with Crippen LogP contribution in [0.3, 0.4) is 0 Å². The van der Waals surface area contributed by atoms with Crippen LogP contribution in [0.25, 0.3) is 10.9 Å². The van der Waals surface area contributed by atoms with E-state index in [1.54, 1.807) is 6.07 Å². The molecule has 3 rings (SSSR count). The third-order valence-corrected chi connectivity index (χ3v) is 3.66. The first-order chi connectivity index (χ1) is 10.2. The number of ketones is 1. The summed E-state index contributed by atoms with van der Waals surface area (Å²) in [7, 11) is 0. The predicted octanol–water partition coefficient (Wildman–Crippen LogP) is 3.70. The summed E-state index contributed by atoms with van der Waals surface area (Å²) in [6.07, 6.45) is 1.89. The van der Waals surface area contributed by atoms with E-state index in [-0.39, 0.29) is 12.3 Å². The third kappa shape index (κ3) is 2.44. The molecular weight excluding hydrogens is 260 g/mol. The minimum atomic E-state index is 0.0768. The topological polar surface area (TPSA) is 45.8 Å². The van der Waals surface area contributed by atoms with Crippen LogP contribution in [0.5, 0.6) is 0 Å². The fourth-order valence-electron chi connectivity index (χ4n) is 2.52. The second-order valence-electron chi connectivity index (χ2n) is 5.07. The van der Waals surface area contributed by atoms with E-state index in [1.165, 1.54) is 0 Å². The Bertz CT molecular complexity index is 868. The molecule has 21 heavy (non-hydrogen) atoms. The van der Waals surface area contributed by atoms with Crippen molar-refractivity contribution in [3.63, 3.8) is 0 Å². The molecule has 0 aliphatic heterocycles. The van der Waals surface area contributed by atoms with Crippen LogP contribution in [-0.2, 0) is 6.54 Å². The van der Waals surface area contributed by atoms with E-state index in [0.29, 0.717) is 5.56 Å². The number of carbonyl (C=O) groups is 1. The van der Waals surface area contributed by atoms with Crippen LogP contribution >= 0.6 is 0 Å². The first kappa shape index (κ1) is 13.1. The smallest absolute Gasteiger partial charge is 0.182 e. The largest absolute Gasteiger partial charge is 0.340 e. The van der Waals surface area contributed by atoms with Crippen molar-refractivity contribution in [3.05, 3.63) is 71.4 Å². The minimum Gasteiger partial charge on any atom is -0.340 e. The van der Waals surface area contributed by atoms with Gasteiger partial charge in [-0.3, -0.25) is 4.79 Å². The number of hydrogen-bond acceptors (Lipinski definition) is 2. The van der Waals surface area contributed by atoms with Crippen molar-refractivity contribution in [2.75, 3.05) is 0 Å². The highest BCUT2D eigenvalue weighted by Gasteiger charge is 2.11. The number of fused-ring (bicyclic) bond motifs is 1. The monoisotopic (exact) mass is 274 g/mol. The average molecular weight is 274 g/mol. The summed E-state index contributed by atoms with van der Waals surface area (Å²) in [6, 6.07) is 17.2. The van der Waals surface area contributed by atoms with Crippen molar-refractivity contribution in [3.8, 4) is 6.07 Å². The van der Waals surface area contributed by atoms with E-state index < -0.39 is 0 Å². The zero-order chi connectivity index (χ0) is 14.8. The van der Waals surface area contributed by atoms with Crippen molar-refractivity contribution >= 4 is 16.7 Å². The van der Waals surface area contributed by atoms with Crippen LogP contribution in [-0.4, -0.2) is 10.4 Å². The van der Waals surface area contributed by atoms with Gasteiger partial charge in [0.25, 0.3) is 0 Å².